The molecular formula is C30H29N9. The molecular weight excluding hydrogens is 486 g/mol. The lowest BCUT2D eigenvalue weighted by atomic mass is 10.0. The Morgan fingerprint density at radius 3 is 2.54 bits per heavy atom. The van der Waals surface area contributed by atoms with Gasteiger partial charge in [0.2, 0.25) is 0 Å². The maximum absolute atomic E-state index is 4.87. The van der Waals surface area contributed by atoms with Crippen LogP contribution in [0.3, 0.4) is 0 Å². The van der Waals surface area contributed by atoms with E-state index in [0.29, 0.717) is 0 Å². The molecule has 1 aliphatic rings. The number of aromatic nitrogens is 6. The number of anilines is 1. The van der Waals surface area contributed by atoms with E-state index >= 15 is 0 Å². The molecule has 0 aliphatic carbocycles. The molecule has 39 heavy (non-hydrogen) atoms. The normalized spacial score (nSPS) is 14.2. The monoisotopic (exact) mass is 515 g/mol. The van der Waals surface area contributed by atoms with Gasteiger partial charge in [0.1, 0.15) is 11.5 Å². The molecule has 1 saturated heterocycles. The summed E-state index contributed by atoms with van der Waals surface area (Å²) in [6.45, 7) is 4.47. The summed E-state index contributed by atoms with van der Waals surface area (Å²) in [6.07, 6.45) is 13.3. The van der Waals surface area contributed by atoms with E-state index in [9.17, 15) is 0 Å². The van der Waals surface area contributed by atoms with Gasteiger partial charge < -0.3 is 4.90 Å². The standard InChI is InChI=1S/C30H29N9/c1-31-17-25-19-35-39-22-24(26-20-34-36(2)21-26)16-28(30(25)39)23-8-9-29(33-18-23)38-14-12-37(13-15-38)11-5-7-27-6-3-4-10-32-27/h3-4,6,8-10,16-22H,11-15H2,1-2H3/b31-17-. The van der Waals surface area contributed by atoms with Gasteiger partial charge in [-0.25, -0.2) is 14.5 Å². The molecule has 9 heteroatoms. The van der Waals surface area contributed by atoms with Crippen molar-refractivity contribution in [1.82, 2.24) is 34.3 Å². The zero-order valence-electron chi connectivity index (χ0n) is 22.1. The lowest BCUT2D eigenvalue weighted by molar-refractivity contribution is 0.287. The van der Waals surface area contributed by atoms with Crippen LogP contribution in [0.1, 0.15) is 11.3 Å². The van der Waals surface area contributed by atoms with Gasteiger partial charge in [0.25, 0.3) is 0 Å². The third kappa shape index (κ3) is 5.28. The smallest absolute Gasteiger partial charge is 0.128 e. The van der Waals surface area contributed by atoms with Crippen LogP contribution >= 0.6 is 0 Å². The quantitative estimate of drug-likeness (QED) is 0.264. The van der Waals surface area contributed by atoms with Crippen molar-refractivity contribution in [3.05, 3.63) is 84.8 Å². The minimum Gasteiger partial charge on any atom is -0.354 e. The molecule has 5 aromatic heterocycles. The van der Waals surface area contributed by atoms with E-state index in [1.165, 1.54) is 0 Å². The van der Waals surface area contributed by atoms with Crippen molar-refractivity contribution in [1.29, 1.82) is 0 Å². The second kappa shape index (κ2) is 10.9. The number of hydrogen-bond acceptors (Lipinski definition) is 7. The number of rotatable bonds is 5. The van der Waals surface area contributed by atoms with Crippen LogP contribution in [0.15, 0.2) is 78.6 Å². The Labute approximate surface area is 227 Å². The number of piperazine rings is 1. The lowest BCUT2D eigenvalue weighted by Gasteiger charge is -2.34. The van der Waals surface area contributed by atoms with Crippen LogP contribution in [0.5, 0.6) is 0 Å². The Morgan fingerprint density at radius 2 is 1.82 bits per heavy atom. The average molecular weight is 516 g/mol. The third-order valence-corrected chi connectivity index (χ3v) is 6.89. The maximum atomic E-state index is 4.87. The van der Waals surface area contributed by atoms with E-state index in [2.05, 4.69) is 60.0 Å². The molecule has 0 aromatic carbocycles. The first-order valence-electron chi connectivity index (χ1n) is 12.9. The second-order valence-electron chi connectivity index (χ2n) is 9.51. The molecule has 0 saturated carbocycles. The molecule has 0 radical (unpaired) electrons. The first-order chi connectivity index (χ1) is 19.2. The van der Waals surface area contributed by atoms with E-state index in [4.69, 9.17) is 4.98 Å². The first kappa shape index (κ1) is 24.5. The summed E-state index contributed by atoms with van der Waals surface area (Å²) in [7, 11) is 3.70. The van der Waals surface area contributed by atoms with Gasteiger partial charge in [0.15, 0.2) is 0 Å². The van der Waals surface area contributed by atoms with Gasteiger partial charge in [0, 0.05) is 99.1 Å². The number of fused-ring (bicyclic) bond motifs is 1. The zero-order valence-corrected chi connectivity index (χ0v) is 22.1. The SMILES string of the molecule is C/N=C\c1cnn2cc(-c3cnn(C)c3)cc(-c3ccc(N4CCN(CC#Cc5ccccn5)CC4)nc3)c12. The summed E-state index contributed by atoms with van der Waals surface area (Å²) >= 11 is 0. The predicted molar refractivity (Wildman–Crippen MR) is 154 cm³/mol. The largest absolute Gasteiger partial charge is 0.354 e. The van der Waals surface area contributed by atoms with Crippen LogP contribution in [-0.4, -0.2) is 80.2 Å². The van der Waals surface area contributed by atoms with Crippen LogP contribution in [0, 0.1) is 11.8 Å². The summed E-state index contributed by atoms with van der Waals surface area (Å²) in [5.41, 5.74) is 6.95. The molecule has 0 spiro atoms. The van der Waals surface area contributed by atoms with E-state index < -0.39 is 0 Å². The highest BCUT2D eigenvalue weighted by atomic mass is 15.3. The number of aliphatic imine (C=N–C) groups is 1. The number of nitrogens with zero attached hydrogens (tertiary/aromatic N) is 9. The Kier molecular flexibility index (Phi) is 6.85. The molecule has 9 nitrogen and oxygen atoms in total. The van der Waals surface area contributed by atoms with Gasteiger partial charge in [-0.15, -0.1) is 0 Å². The topological polar surface area (TPSA) is 79.7 Å². The Bertz CT molecular complexity index is 1660. The van der Waals surface area contributed by atoms with Crippen molar-refractivity contribution in [2.75, 3.05) is 44.7 Å². The van der Waals surface area contributed by atoms with Crippen molar-refractivity contribution in [2.45, 2.75) is 0 Å². The van der Waals surface area contributed by atoms with Gasteiger partial charge >= 0.3 is 0 Å². The van der Waals surface area contributed by atoms with E-state index in [1.807, 2.05) is 67.0 Å². The fourth-order valence-electron chi connectivity index (χ4n) is 4.87. The van der Waals surface area contributed by atoms with Crippen molar-refractivity contribution < 1.29 is 0 Å². The molecule has 0 bridgehead atoms. The molecule has 6 heterocycles. The molecule has 6 rings (SSSR count). The maximum Gasteiger partial charge on any atom is 0.128 e. The summed E-state index contributed by atoms with van der Waals surface area (Å²) < 4.78 is 3.72. The Morgan fingerprint density at radius 1 is 0.923 bits per heavy atom. The van der Waals surface area contributed by atoms with Crippen molar-refractivity contribution in [2.24, 2.45) is 12.0 Å². The highest BCUT2D eigenvalue weighted by Crippen LogP contribution is 2.32. The van der Waals surface area contributed by atoms with Crippen LogP contribution in [0.4, 0.5) is 5.82 Å². The summed E-state index contributed by atoms with van der Waals surface area (Å²) in [5.74, 6) is 7.39. The molecule has 1 aliphatic heterocycles. The minimum atomic E-state index is 0.745. The summed E-state index contributed by atoms with van der Waals surface area (Å²) in [5, 5.41) is 8.95. The Hall–Kier alpha value is -4.81. The number of hydrogen-bond donors (Lipinski definition) is 0. The lowest BCUT2D eigenvalue weighted by Crippen LogP contribution is -2.46. The van der Waals surface area contributed by atoms with Crippen molar-refractivity contribution in [3.63, 3.8) is 0 Å². The number of pyridine rings is 3. The third-order valence-electron chi connectivity index (χ3n) is 6.89. The van der Waals surface area contributed by atoms with Gasteiger partial charge in [-0.3, -0.25) is 14.6 Å². The average Bonchev–Trinajstić information content (AvgIpc) is 3.60. The van der Waals surface area contributed by atoms with Crippen LogP contribution in [0.2, 0.25) is 0 Å². The Balaban J connectivity index is 1.21. The van der Waals surface area contributed by atoms with Crippen molar-refractivity contribution in [3.8, 4) is 34.1 Å². The van der Waals surface area contributed by atoms with E-state index in [0.717, 1.165) is 77.6 Å². The second-order valence-corrected chi connectivity index (χ2v) is 9.51. The highest BCUT2D eigenvalue weighted by Gasteiger charge is 2.18. The van der Waals surface area contributed by atoms with E-state index in [1.54, 1.807) is 17.9 Å². The predicted octanol–water partition coefficient (Wildman–Crippen LogP) is 3.41. The number of aryl methyl sites for hydroxylation is 1. The van der Waals surface area contributed by atoms with E-state index in [-0.39, 0.29) is 0 Å². The zero-order chi connectivity index (χ0) is 26.6. The van der Waals surface area contributed by atoms with Crippen molar-refractivity contribution >= 4 is 17.5 Å². The molecule has 194 valence electrons. The highest BCUT2D eigenvalue weighted by molar-refractivity contribution is 5.97. The first-order valence-corrected chi connectivity index (χ1v) is 12.9. The summed E-state index contributed by atoms with van der Waals surface area (Å²) in [4.78, 5) is 18.1. The molecule has 0 atom stereocenters. The fourth-order valence-corrected chi connectivity index (χ4v) is 4.87. The fraction of sp³-hybridized carbons (Fsp3) is 0.233. The van der Waals surface area contributed by atoms with Crippen LogP contribution in [0.25, 0.3) is 27.8 Å². The molecule has 0 N–H and O–H groups in total. The van der Waals surface area contributed by atoms with Crippen LogP contribution in [-0.2, 0) is 7.05 Å². The molecule has 0 amide bonds. The molecule has 5 aromatic rings. The van der Waals surface area contributed by atoms with Gasteiger partial charge in [-0.05, 0) is 36.3 Å². The summed E-state index contributed by atoms with van der Waals surface area (Å²) in [6, 6.07) is 12.2. The molecule has 0 unspecified atom stereocenters. The van der Waals surface area contributed by atoms with Gasteiger partial charge in [0.05, 0.1) is 24.5 Å². The van der Waals surface area contributed by atoms with Gasteiger partial charge in [-0.1, -0.05) is 12.0 Å². The van der Waals surface area contributed by atoms with Crippen LogP contribution < -0.4 is 4.90 Å². The molecule has 1 fully saturated rings. The minimum absolute atomic E-state index is 0.745. The van der Waals surface area contributed by atoms with Gasteiger partial charge in [-0.2, -0.15) is 10.2 Å².